The Balaban J connectivity index is 2.01. The van der Waals surface area contributed by atoms with E-state index in [4.69, 9.17) is 15.7 Å². The van der Waals surface area contributed by atoms with Gasteiger partial charge in [-0.05, 0) is 50.4 Å². The molecule has 1 aromatic rings. The van der Waals surface area contributed by atoms with Crippen LogP contribution in [-0.2, 0) is 6.54 Å². The summed E-state index contributed by atoms with van der Waals surface area (Å²) in [6.07, 6.45) is 4.58. The summed E-state index contributed by atoms with van der Waals surface area (Å²) in [6.45, 7) is 0.877. The molecule has 0 radical (unpaired) electrons. The van der Waals surface area contributed by atoms with E-state index >= 15 is 0 Å². The lowest BCUT2D eigenvalue weighted by Gasteiger charge is -2.33. The zero-order valence-electron chi connectivity index (χ0n) is 12.3. The maximum atomic E-state index is 9.00. The van der Waals surface area contributed by atoms with E-state index < -0.39 is 0 Å². The Labute approximate surface area is 121 Å². The van der Waals surface area contributed by atoms with Crippen LogP contribution in [0.4, 0.5) is 0 Å². The molecule has 2 rings (SSSR count). The number of benzene rings is 1. The molecule has 4 heteroatoms. The molecule has 1 fully saturated rings. The third-order valence-corrected chi connectivity index (χ3v) is 4.18. The Bertz CT molecular complexity index is 487. The fourth-order valence-corrected chi connectivity index (χ4v) is 2.89. The van der Waals surface area contributed by atoms with Crippen LogP contribution in [0.25, 0.3) is 0 Å². The van der Waals surface area contributed by atoms with Gasteiger partial charge in [-0.2, -0.15) is 5.26 Å². The molecule has 4 nitrogen and oxygen atoms in total. The van der Waals surface area contributed by atoms with Crippen LogP contribution in [0.15, 0.2) is 18.2 Å². The molecule has 108 valence electrons. The molecular formula is C16H23N3O. The lowest BCUT2D eigenvalue weighted by Crippen LogP contribution is -2.38. The largest absolute Gasteiger partial charge is 0.495 e. The van der Waals surface area contributed by atoms with E-state index in [1.807, 2.05) is 18.2 Å². The Hall–Kier alpha value is -1.57. The number of hydrogen-bond donors (Lipinski definition) is 1. The van der Waals surface area contributed by atoms with E-state index in [0.717, 1.165) is 19.4 Å². The third kappa shape index (κ3) is 3.50. The monoisotopic (exact) mass is 273 g/mol. The summed E-state index contributed by atoms with van der Waals surface area (Å²) in [7, 11) is 3.76. The quantitative estimate of drug-likeness (QED) is 0.914. The van der Waals surface area contributed by atoms with Crippen LogP contribution >= 0.6 is 0 Å². The van der Waals surface area contributed by atoms with Gasteiger partial charge in [0, 0.05) is 18.6 Å². The van der Waals surface area contributed by atoms with Crippen molar-refractivity contribution >= 4 is 0 Å². The minimum absolute atomic E-state index is 0.384. The second kappa shape index (κ2) is 6.74. The second-order valence-corrected chi connectivity index (χ2v) is 5.63. The topological polar surface area (TPSA) is 62.3 Å². The summed E-state index contributed by atoms with van der Waals surface area (Å²) in [6, 6.07) is 8.93. The van der Waals surface area contributed by atoms with E-state index in [1.165, 1.54) is 18.4 Å². The molecular weight excluding hydrogens is 250 g/mol. The van der Waals surface area contributed by atoms with Crippen molar-refractivity contribution in [3.8, 4) is 11.8 Å². The molecule has 0 unspecified atom stereocenters. The molecule has 0 heterocycles. The van der Waals surface area contributed by atoms with Crippen molar-refractivity contribution in [3.63, 3.8) is 0 Å². The summed E-state index contributed by atoms with van der Waals surface area (Å²) in [5, 5.41) is 9.00. The highest BCUT2D eigenvalue weighted by molar-refractivity contribution is 5.45. The molecule has 1 aromatic carbocycles. The summed E-state index contributed by atoms with van der Waals surface area (Å²) < 4.78 is 5.26. The highest BCUT2D eigenvalue weighted by atomic mass is 16.5. The molecule has 1 aliphatic carbocycles. The maximum absolute atomic E-state index is 9.00. The van der Waals surface area contributed by atoms with E-state index in [-0.39, 0.29) is 0 Å². The highest BCUT2D eigenvalue weighted by Gasteiger charge is 2.22. The number of hydrogen-bond acceptors (Lipinski definition) is 4. The number of ether oxygens (including phenoxy) is 1. The second-order valence-electron chi connectivity index (χ2n) is 5.63. The smallest absolute Gasteiger partial charge is 0.136 e. The number of nitrogens with zero attached hydrogens (tertiary/aromatic N) is 2. The molecule has 2 N–H and O–H groups in total. The molecule has 0 spiro atoms. The van der Waals surface area contributed by atoms with E-state index in [0.29, 0.717) is 23.4 Å². The molecule has 0 atom stereocenters. The zero-order chi connectivity index (χ0) is 14.5. The predicted octanol–water partition coefficient (Wildman–Crippen LogP) is 2.27. The fourth-order valence-electron chi connectivity index (χ4n) is 2.89. The lowest BCUT2D eigenvalue weighted by molar-refractivity contribution is 0.176. The van der Waals surface area contributed by atoms with Crippen molar-refractivity contribution in [1.82, 2.24) is 4.90 Å². The van der Waals surface area contributed by atoms with Crippen molar-refractivity contribution in [2.75, 3.05) is 14.2 Å². The van der Waals surface area contributed by atoms with Crippen LogP contribution < -0.4 is 10.5 Å². The molecule has 1 saturated carbocycles. The van der Waals surface area contributed by atoms with Gasteiger partial charge >= 0.3 is 0 Å². The first-order valence-electron chi connectivity index (χ1n) is 7.17. The van der Waals surface area contributed by atoms with Crippen molar-refractivity contribution in [1.29, 1.82) is 5.26 Å². The average molecular weight is 273 g/mol. The molecule has 0 bridgehead atoms. The van der Waals surface area contributed by atoms with E-state index in [2.05, 4.69) is 18.0 Å². The van der Waals surface area contributed by atoms with Gasteiger partial charge in [0.05, 0.1) is 12.7 Å². The standard InChI is InChI=1S/C16H23N3O/c1-19(15-7-5-14(18)6-8-15)11-12-3-4-13(10-17)16(9-12)20-2/h3-4,9,14-15H,5-8,11,18H2,1-2H3. The summed E-state index contributed by atoms with van der Waals surface area (Å²) in [5.74, 6) is 0.657. The minimum Gasteiger partial charge on any atom is -0.495 e. The van der Waals surface area contributed by atoms with Crippen molar-refractivity contribution in [3.05, 3.63) is 29.3 Å². The molecule has 0 aromatic heterocycles. The van der Waals surface area contributed by atoms with Crippen LogP contribution in [0.2, 0.25) is 0 Å². The first-order chi connectivity index (χ1) is 9.63. The predicted molar refractivity (Wildman–Crippen MR) is 79.4 cm³/mol. The Morgan fingerprint density at radius 3 is 2.65 bits per heavy atom. The van der Waals surface area contributed by atoms with Gasteiger partial charge in [0.15, 0.2) is 0 Å². The molecule has 1 aliphatic rings. The van der Waals surface area contributed by atoms with Gasteiger partial charge in [-0.1, -0.05) is 6.07 Å². The van der Waals surface area contributed by atoms with Crippen molar-refractivity contribution < 1.29 is 4.74 Å². The van der Waals surface area contributed by atoms with E-state index in [1.54, 1.807) is 7.11 Å². The minimum atomic E-state index is 0.384. The van der Waals surface area contributed by atoms with Gasteiger partial charge in [-0.25, -0.2) is 0 Å². The molecule has 0 amide bonds. The van der Waals surface area contributed by atoms with Gasteiger partial charge in [-0.15, -0.1) is 0 Å². The lowest BCUT2D eigenvalue weighted by atomic mass is 9.91. The summed E-state index contributed by atoms with van der Waals surface area (Å²) in [4.78, 5) is 2.38. The van der Waals surface area contributed by atoms with Gasteiger partial charge in [-0.3, -0.25) is 4.90 Å². The van der Waals surface area contributed by atoms with Crippen LogP contribution in [0.3, 0.4) is 0 Å². The van der Waals surface area contributed by atoms with Crippen LogP contribution in [0.1, 0.15) is 36.8 Å². The fraction of sp³-hybridized carbons (Fsp3) is 0.562. The maximum Gasteiger partial charge on any atom is 0.136 e. The van der Waals surface area contributed by atoms with Gasteiger partial charge in [0.2, 0.25) is 0 Å². The summed E-state index contributed by atoms with van der Waals surface area (Å²) in [5.41, 5.74) is 7.72. The summed E-state index contributed by atoms with van der Waals surface area (Å²) >= 11 is 0. The number of methoxy groups -OCH3 is 1. The zero-order valence-corrected chi connectivity index (χ0v) is 12.3. The van der Waals surface area contributed by atoms with Gasteiger partial charge in [0.25, 0.3) is 0 Å². The Kier molecular flexibility index (Phi) is 4.99. The van der Waals surface area contributed by atoms with Crippen LogP contribution in [0, 0.1) is 11.3 Å². The molecule has 0 aliphatic heterocycles. The third-order valence-electron chi connectivity index (χ3n) is 4.18. The Morgan fingerprint density at radius 2 is 2.05 bits per heavy atom. The molecule has 0 saturated heterocycles. The van der Waals surface area contributed by atoms with E-state index in [9.17, 15) is 0 Å². The molecule has 20 heavy (non-hydrogen) atoms. The van der Waals surface area contributed by atoms with Crippen molar-refractivity contribution in [2.24, 2.45) is 5.73 Å². The first-order valence-corrected chi connectivity index (χ1v) is 7.17. The van der Waals surface area contributed by atoms with Gasteiger partial charge < -0.3 is 10.5 Å². The van der Waals surface area contributed by atoms with Crippen LogP contribution in [-0.4, -0.2) is 31.1 Å². The normalized spacial score (nSPS) is 22.6. The number of nitriles is 1. The van der Waals surface area contributed by atoms with Crippen molar-refractivity contribution in [2.45, 2.75) is 44.3 Å². The average Bonchev–Trinajstić information content (AvgIpc) is 2.47. The highest BCUT2D eigenvalue weighted by Crippen LogP contribution is 2.24. The first kappa shape index (κ1) is 14.8. The SMILES string of the molecule is COc1cc(CN(C)C2CCC(N)CC2)ccc1C#N. The van der Waals surface area contributed by atoms with Gasteiger partial charge in [0.1, 0.15) is 11.8 Å². The number of rotatable bonds is 4. The Morgan fingerprint density at radius 1 is 1.35 bits per heavy atom. The number of nitrogens with two attached hydrogens (primary N) is 1. The van der Waals surface area contributed by atoms with Crippen LogP contribution in [0.5, 0.6) is 5.75 Å².